The van der Waals surface area contributed by atoms with Gasteiger partial charge < -0.3 is 9.64 Å². The van der Waals surface area contributed by atoms with E-state index in [0.29, 0.717) is 6.04 Å². The Morgan fingerprint density at radius 2 is 2.38 bits per heavy atom. The molecule has 0 radical (unpaired) electrons. The molecule has 2 heteroatoms. The molecule has 1 fully saturated rings. The lowest BCUT2D eigenvalue weighted by molar-refractivity contribution is -0.912. The average Bonchev–Trinajstić information content (AvgIpc) is 1.77. The molecule has 2 nitrogen and oxygen atoms in total. The average molecular weight is 116 g/mol. The summed E-state index contributed by atoms with van der Waals surface area (Å²) in [5.74, 6) is 0. The molecule has 2 atom stereocenters. The number of nitrogens with one attached hydrogen (secondary N) is 1. The van der Waals surface area contributed by atoms with E-state index in [1.807, 2.05) is 0 Å². The molecule has 0 saturated carbocycles. The van der Waals surface area contributed by atoms with Gasteiger partial charge in [-0.2, -0.15) is 0 Å². The molecule has 0 aromatic rings. The number of hydrogen-bond acceptors (Lipinski definition) is 1. The van der Waals surface area contributed by atoms with Crippen LogP contribution in [0.2, 0.25) is 0 Å². The fraction of sp³-hybridized carbons (Fsp3) is 1.00. The van der Waals surface area contributed by atoms with Crippen molar-refractivity contribution in [2.24, 2.45) is 0 Å². The first kappa shape index (κ1) is 6.05. The first-order valence-corrected chi connectivity index (χ1v) is 3.21. The number of likely N-dealkylation sites (N-methyl/N-ethyl adjacent to an activating group) is 1. The first-order chi connectivity index (χ1) is 3.80. The van der Waals surface area contributed by atoms with Gasteiger partial charge in [0.05, 0.1) is 20.3 Å². The molecule has 1 aliphatic rings. The monoisotopic (exact) mass is 116 g/mol. The van der Waals surface area contributed by atoms with Gasteiger partial charge in [-0.15, -0.1) is 0 Å². The molecule has 2 unspecified atom stereocenters. The molecule has 1 N–H and O–H groups in total. The summed E-state index contributed by atoms with van der Waals surface area (Å²) in [5, 5.41) is 0. The second-order valence-electron chi connectivity index (χ2n) is 2.57. The summed E-state index contributed by atoms with van der Waals surface area (Å²) in [7, 11) is 2.22. The standard InChI is InChI=1S/C6H13NO/c1-6-5-8-4-3-7(6)2/h6H,3-5H2,1-2H3/p+1. The third-order valence-electron chi connectivity index (χ3n) is 1.85. The van der Waals surface area contributed by atoms with Crippen LogP contribution in [-0.2, 0) is 4.74 Å². The minimum atomic E-state index is 0.698. The van der Waals surface area contributed by atoms with E-state index in [9.17, 15) is 0 Å². The van der Waals surface area contributed by atoms with Crippen LogP contribution in [-0.4, -0.2) is 32.8 Å². The van der Waals surface area contributed by atoms with Crippen LogP contribution < -0.4 is 4.90 Å². The van der Waals surface area contributed by atoms with Crippen LogP contribution in [0.1, 0.15) is 6.92 Å². The molecule has 1 rings (SSSR count). The Kier molecular flexibility index (Phi) is 1.86. The highest BCUT2D eigenvalue weighted by Crippen LogP contribution is 1.82. The zero-order valence-electron chi connectivity index (χ0n) is 5.61. The smallest absolute Gasteiger partial charge is 0.108 e. The molecule has 1 heterocycles. The van der Waals surface area contributed by atoms with Crippen LogP contribution in [0, 0.1) is 0 Å². The molecule has 0 aromatic carbocycles. The molecule has 1 saturated heterocycles. The maximum atomic E-state index is 5.23. The first-order valence-electron chi connectivity index (χ1n) is 3.21. The number of hydrogen-bond donors (Lipinski definition) is 1. The van der Waals surface area contributed by atoms with Gasteiger partial charge in [0.2, 0.25) is 0 Å². The minimum Gasteiger partial charge on any atom is -0.369 e. The number of rotatable bonds is 0. The Hall–Kier alpha value is -0.0800. The van der Waals surface area contributed by atoms with Crippen LogP contribution in [0.25, 0.3) is 0 Å². The Labute approximate surface area is 50.4 Å². The van der Waals surface area contributed by atoms with E-state index in [1.165, 1.54) is 6.54 Å². The van der Waals surface area contributed by atoms with E-state index < -0.39 is 0 Å². The summed E-state index contributed by atoms with van der Waals surface area (Å²) in [6.07, 6.45) is 0. The molecular weight excluding hydrogens is 102 g/mol. The molecule has 0 aliphatic carbocycles. The van der Waals surface area contributed by atoms with E-state index in [1.54, 1.807) is 4.90 Å². The van der Waals surface area contributed by atoms with Crippen molar-refractivity contribution < 1.29 is 9.64 Å². The normalized spacial score (nSPS) is 39.8. The summed E-state index contributed by atoms with van der Waals surface area (Å²) in [5.41, 5.74) is 0. The van der Waals surface area contributed by atoms with Crippen molar-refractivity contribution >= 4 is 0 Å². The van der Waals surface area contributed by atoms with Crippen molar-refractivity contribution in [3.63, 3.8) is 0 Å². The lowest BCUT2D eigenvalue weighted by Crippen LogP contribution is -3.14. The highest BCUT2D eigenvalue weighted by Gasteiger charge is 2.16. The van der Waals surface area contributed by atoms with Gasteiger partial charge in [-0.25, -0.2) is 0 Å². The lowest BCUT2D eigenvalue weighted by Gasteiger charge is -2.26. The van der Waals surface area contributed by atoms with Gasteiger partial charge in [0.15, 0.2) is 0 Å². The van der Waals surface area contributed by atoms with Gasteiger partial charge in [0, 0.05) is 0 Å². The molecule has 0 aromatic heterocycles. The van der Waals surface area contributed by atoms with E-state index in [2.05, 4.69) is 14.0 Å². The quantitative estimate of drug-likeness (QED) is 0.425. The molecule has 0 bridgehead atoms. The van der Waals surface area contributed by atoms with E-state index in [4.69, 9.17) is 4.74 Å². The topological polar surface area (TPSA) is 13.7 Å². The Bertz CT molecular complexity index is 64.9. The molecule has 1 aliphatic heterocycles. The molecular formula is C6H14NO+. The number of ether oxygens (including phenoxy) is 1. The highest BCUT2D eigenvalue weighted by atomic mass is 16.5. The maximum Gasteiger partial charge on any atom is 0.108 e. The molecule has 0 amide bonds. The fourth-order valence-corrected chi connectivity index (χ4v) is 0.882. The predicted octanol–water partition coefficient (Wildman–Crippen LogP) is -1.08. The van der Waals surface area contributed by atoms with Crippen LogP contribution >= 0.6 is 0 Å². The van der Waals surface area contributed by atoms with E-state index >= 15 is 0 Å². The van der Waals surface area contributed by atoms with Gasteiger partial charge in [-0.05, 0) is 6.92 Å². The largest absolute Gasteiger partial charge is 0.369 e. The van der Waals surface area contributed by atoms with Crippen LogP contribution in [0.4, 0.5) is 0 Å². The van der Waals surface area contributed by atoms with Gasteiger partial charge in [-0.3, -0.25) is 0 Å². The fourth-order valence-electron chi connectivity index (χ4n) is 0.882. The summed E-state index contributed by atoms with van der Waals surface area (Å²) in [4.78, 5) is 1.59. The van der Waals surface area contributed by atoms with Crippen molar-refractivity contribution in [2.45, 2.75) is 13.0 Å². The van der Waals surface area contributed by atoms with Crippen LogP contribution in [0.15, 0.2) is 0 Å². The zero-order chi connectivity index (χ0) is 5.98. The maximum absolute atomic E-state index is 5.23. The second kappa shape index (κ2) is 2.46. The Morgan fingerprint density at radius 3 is 2.75 bits per heavy atom. The Morgan fingerprint density at radius 1 is 1.62 bits per heavy atom. The summed E-state index contributed by atoms with van der Waals surface area (Å²) < 4.78 is 5.23. The number of morpholine rings is 1. The van der Waals surface area contributed by atoms with Gasteiger partial charge in [-0.1, -0.05) is 0 Å². The van der Waals surface area contributed by atoms with Crippen molar-refractivity contribution in [3.05, 3.63) is 0 Å². The predicted molar refractivity (Wildman–Crippen MR) is 32.0 cm³/mol. The molecule has 48 valence electrons. The Balaban J connectivity index is 2.28. The van der Waals surface area contributed by atoms with Gasteiger partial charge >= 0.3 is 0 Å². The van der Waals surface area contributed by atoms with Gasteiger partial charge in [0.1, 0.15) is 12.6 Å². The number of quaternary nitrogens is 1. The van der Waals surface area contributed by atoms with Crippen molar-refractivity contribution in [3.8, 4) is 0 Å². The third kappa shape index (κ3) is 1.20. The summed E-state index contributed by atoms with van der Waals surface area (Å²) >= 11 is 0. The third-order valence-corrected chi connectivity index (χ3v) is 1.85. The molecule has 8 heavy (non-hydrogen) atoms. The minimum absolute atomic E-state index is 0.698. The van der Waals surface area contributed by atoms with E-state index in [-0.39, 0.29) is 0 Å². The van der Waals surface area contributed by atoms with Crippen LogP contribution in [0.3, 0.4) is 0 Å². The molecule has 0 spiro atoms. The highest BCUT2D eigenvalue weighted by molar-refractivity contribution is 4.47. The van der Waals surface area contributed by atoms with Crippen molar-refractivity contribution in [2.75, 3.05) is 26.8 Å². The zero-order valence-corrected chi connectivity index (χ0v) is 5.61. The van der Waals surface area contributed by atoms with Crippen molar-refractivity contribution in [1.82, 2.24) is 0 Å². The SMILES string of the molecule is CC1COCC[NH+]1C. The van der Waals surface area contributed by atoms with Crippen molar-refractivity contribution in [1.29, 1.82) is 0 Å². The van der Waals surface area contributed by atoms with Crippen LogP contribution in [0.5, 0.6) is 0 Å². The lowest BCUT2D eigenvalue weighted by atomic mass is 10.3. The second-order valence-corrected chi connectivity index (χ2v) is 2.57. The summed E-state index contributed by atoms with van der Waals surface area (Å²) in [6.45, 7) is 5.26. The van der Waals surface area contributed by atoms with Gasteiger partial charge in [0.25, 0.3) is 0 Å². The summed E-state index contributed by atoms with van der Waals surface area (Å²) in [6, 6.07) is 0.698. The van der Waals surface area contributed by atoms with E-state index in [0.717, 1.165) is 13.2 Å².